The molecule has 3 heterocycles. The summed E-state index contributed by atoms with van der Waals surface area (Å²) in [5.74, 6) is -0.964. The second-order valence-corrected chi connectivity index (χ2v) is 11.1. The van der Waals surface area contributed by atoms with E-state index in [1.165, 1.54) is 17.4 Å². The molecule has 1 aromatic carbocycles. The molecule has 4 atom stereocenters. The van der Waals surface area contributed by atoms with Crippen LogP contribution in [0.15, 0.2) is 30.9 Å². The standard InChI is InChI=1S/C20H24N4O5S2/c1-3-16(25)23-13-8-31(28,29)9-14(13)24-19(26)11-4-5-15-12(6-11)17-18(30-15)20(27)22-10(2)7-21-17/h3-6,10,13-14,16,21,23,25H,1,7-9H2,2H3,(H,22,27)(H,24,26). The maximum Gasteiger partial charge on any atom is 0.263 e. The van der Waals surface area contributed by atoms with E-state index in [9.17, 15) is 23.1 Å². The zero-order chi connectivity index (χ0) is 22.3. The maximum absolute atomic E-state index is 12.9. The first-order chi connectivity index (χ1) is 14.7. The molecule has 1 saturated heterocycles. The van der Waals surface area contributed by atoms with Gasteiger partial charge in [-0.25, -0.2) is 8.42 Å². The van der Waals surface area contributed by atoms with Crippen molar-refractivity contribution in [1.82, 2.24) is 16.0 Å². The second-order valence-electron chi connectivity index (χ2n) is 7.88. The van der Waals surface area contributed by atoms with Crippen LogP contribution in [0.4, 0.5) is 5.69 Å². The van der Waals surface area contributed by atoms with Gasteiger partial charge in [-0.1, -0.05) is 6.58 Å². The summed E-state index contributed by atoms with van der Waals surface area (Å²) in [7, 11) is -3.35. The smallest absolute Gasteiger partial charge is 0.263 e. The molecule has 0 bridgehead atoms. The highest BCUT2D eigenvalue weighted by molar-refractivity contribution is 7.91. The van der Waals surface area contributed by atoms with Crippen LogP contribution in [-0.2, 0) is 9.84 Å². The van der Waals surface area contributed by atoms with Crippen LogP contribution in [0.25, 0.3) is 10.1 Å². The van der Waals surface area contributed by atoms with Crippen LogP contribution in [0.5, 0.6) is 0 Å². The van der Waals surface area contributed by atoms with Gasteiger partial charge in [0.15, 0.2) is 9.84 Å². The summed E-state index contributed by atoms with van der Waals surface area (Å²) in [5, 5.41) is 22.3. The monoisotopic (exact) mass is 464 g/mol. The van der Waals surface area contributed by atoms with Crippen LogP contribution < -0.4 is 21.3 Å². The highest BCUT2D eigenvalue weighted by Gasteiger charge is 2.39. The molecule has 31 heavy (non-hydrogen) atoms. The minimum Gasteiger partial charge on any atom is -0.381 e. The molecule has 1 fully saturated rings. The lowest BCUT2D eigenvalue weighted by Crippen LogP contribution is -2.51. The Morgan fingerprint density at radius 3 is 2.84 bits per heavy atom. The molecule has 2 aromatic rings. The van der Waals surface area contributed by atoms with Gasteiger partial charge in [0.25, 0.3) is 11.8 Å². The van der Waals surface area contributed by atoms with Crippen molar-refractivity contribution in [2.75, 3.05) is 23.4 Å². The number of aliphatic hydroxyl groups excluding tert-OH is 1. The van der Waals surface area contributed by atoms with E-state index < -0.39 is 34.1 Å². The van der Waals surface area contributed by atoms with E-state index in [0.29, 0.717) is 22.7 Å². The number of rotatable bonds is 5. The van der Waals surface area contributed by atoms with Gasteiger partial charge in [0.2, 0.25) is 0 Å². The summed E-state index contributed by atoms with van der Waals surface area (Å²) < 4.78 is 25.0. The molecule has 0 aliphatic carbocycles. The molecular weight excluding hydrogens is 440 g/mol. The SMILES string of the molecule is C=CC(O)NC1CS(=O)(=O)CC1NC(=O)c1ccc2sc3c(c2c1)NCC(C)NC3=O. The third-order valence-electron chi connectivity index (χ3n) is 5.40. The highest BCUT2D eigenvalue weighted by Crippen LogP contribution is 2.37. The Morgan fingerprint density at radius 1 is 1.35 bits per heavy atom. The fraction of sp³-hybridized carbons (Fsp3) is 0.400. The van der Waals surface area contributed by atoms with Crippen LogP contribution in [0, 0.1) is 0 Å². The van der Waals surface area contributed by atoms with E-state index in [0.717, 1.165) is 10.1 Å². The number of hydrogen-bond donors (Lipinski definition) is 5. The average molecular weight is 465 g/mol. The van der Waals surface area contributed by atoms with Crippen LogP contribution in [0.2, 0.25) is 0 Å². The third-order valence-corrected chi connectivity index (χ3v) is 8.30. The Kier molecular flexibility index (Phi) is 5.77. The number of carbonyl (C=O) groups excluding carboxylic acids is 2. The summed E-state index contributed by atoms with van der Waals surface area (Å²) >= 11 is 1.35. The highest BCUT2D eigenvalue weighted by atomic mass is 32.2. The lowest BCUT2D eigenvalue weighted by atomic mass is 10.1. The summed E-state index contributed by atoms with van der Waals surface area (Å²) in [6.07, 6.45) is 0.180. The number of nitrogens with one attached hydrogen (secondary N) is 4. The summed E-state index contributed by atoms with van der Waals surface area (Å²) in [6.45, 7) is 5.94. The van der Waals surface area contributed by atoms with E-state index >= 15 is 0 Å². The van der Waals surface area contributed by atoms with Crippen LogP contribution in [0.1, 0.15) is 27.0 Å². The molecule has 9 nitrogen and oxygen atoms in total. The molecule has 2 amide bonds. The lowest BCUT2D eigenvalue weighted by Gasteiger charge is -2.22. The zero-order valence-electron chi connectivity index (χ0n) is 16.8. The van der Waals surface area contributed by atoms with Crippen molar-refractivity contribution in [2.45, 2.75) is 31.3 Å². The van der Waals surface area contributed by atoms with Crippen molar-refractivity contribution < 1.29 is 23.1 Å². The van der Waals surface area contributed by atoms with E-state index in [4.69, 9.17) is 0 Å². The first-order valence-electron chi connectivity index (χ1n) is 9.86. The quantitative estimate of drug-likeness (QED) is 0.320. The molecule has 166 valence electrons. The van der Waals surface area contributed by atoms with Crippen molar-refractivity contribution in [3.63, 3.8) is 0 Å². The second kappa shape index (κ2) is 8.23. The predicted octanol–water partition coefficient (Wildman–Crippen LogP) is 0.435. The first kappa shape index (κ1) is 21.8. The van der Waals surface area contributed by atoms with Crippen molar-refractivity contribution >= 4 is 48.8 Å². The fourth-order valence-electron chi connectivity index (χ4n) is 3.86. The van der Waals surface area contributed by atoms with Gasteiger partial charge < -0.3 is 21.1 Å². The largest absolute Gasteiger partial charge is 0.381 e. The van der Waals surface area contributed by atoms with E-state index in [1.54, 1.807) is 18.2 Å². The van der Waals surface area contributed by atoms with Gasteiger partial charge in [0.1, 0.15) is 11.1 Å². The Bertz CT molecular complexity index is 1160. The number of aliphatic hydroxyl groups is 1. The summed E-state index contributed by atoms with van der Waals surface area (Å²) in [4.78, 5) is 25.9. The van der Waals surface area contributed by atoms with E-state index in [1.807, 2.05) is 6.92 Å². The number of benzene rings is 1. The molecule has 2 aliphatic heterocycles. The average Bonchev–Trinajstić information content (AvgIpc) is 3.17. The van der Waals surface area contributed by atoms with Crippen molar-refractivity contribution in [3.8, 4) is 0 Å². The Balaban J connectivity index is 1.59. The molecule has 0 radical (unpaired) electrons. The van der Waals surface area contributed by atoms with Crippen molar-refractivity contribution in [1.29, 1.82) is 0 Å². The van der Waals surface area contributed by atoms with Gasteiger partial charge in [-0.05, 0) is 31.2 Å². The number of sulfone groups is 1. The van der Waals surface area contributed by atoms with Crippen LogP contribution in [-0.4, -0.2) is 67.7 Å². The molecule has 2 aliphatic rings. The molecule has 4 rings (SSSR count). The maximum atomic E-state index is 12.9. The van der Waals surface area contributed by atoms with E-state index in [-0.39, 0.29) is 23.5 Å². The number of anilines is 1. The lowest BCUT2D eigenvalue weighted by molar-refractivity contribution is 0.0923. The third kappa shape index (κ3) is 4.45. The molecule has 0 saturated carbocycles. The molecule has 0 spiro atoms. The van der Waals surface area contributed by atoms with Gasteiger partial charge in [0, 0.05) is 34.3 Å². The number of fused-ring (bicyclic) bond motifs is 3. The Labute approximate surface area is 183 Å². The molecular formula is C20H24N4O5S2. The van der Waals surface area contributed by atoms with Crippen molar-refractivity contribution in [3.05, 3.63) is 41.3 Å². The van der Waals surface area contributed by atoms with Crippen LogP contribution >= 0.6 is 11.3 Å². The van der Waals surface area contributed by atoms with Crippen molar-refractivity contribution in [2.24, 2.45) is 0 Å². The van der Waals surface area contributed by atoms with Gasteiger partial charge in [-0.15, -0.1) is 11.3 Å². The number of amides is 2. The molecule has 1 aromatic heterocycles. The number of hydrogen-bond acceptors (Lipinski definition) is 8. The minimum absolute atomic E-state index is 0.0201. The topological polar surface area (TPSA) is 137 Å². The van der Waals surface area contributed by atoms with Crippen LogP contribution in [0.3, 0.4) is 0 Å². The summed E-state index contributed by atoms with van der Waals surface area (Å²) in [5.41, 5.74) is 1.06. The molecule has 11 heteroatoms. The molecule has 5 N–H and O–H groups in total. The zero-order valence-corrected chi connectivity index (χ0v) is 18.5. The number of thiophene rings is 1. The minimum atomic E-state index is -3.35. The van der Waals surface area contributed by atoms with Gasteiger partial charge >= 0.3 is 0 Å². The van der Waals surface area contributed by atoms with Gasteiger partial charge in [0.05, 0.1) is 23.2 Å². The molecule has 4 unspecified atom stereocenters. The van der Waals surface area contributed by atoms with Gasteiger partial charge in [-0.2, -0.15) is 0 Å². The van der Waals surface area contributed by atoms with E-state index in [2.05, 4.69) is 27.8 Å². The first-order valence-corrected chi connectivity index (χ1v) is 12.5. The Hall–Kier alpha value is -2.47. The fourth-order valence-corrected chi connectivity index (χ4v) is 6.80. The van der Waals surface area contributed by atoms with Gasteiger partial charge in [-0.3, -0.25) is 14.9 Å². The predicted molar refractivity (Wildman–Crippen MR) is 120 cm³/mol. The Morgan fingerprint density at radius 2 is 2.10 bits per heavy atom. The summed E-state index contributed by atoms with van der Waals surface area (Å²) in [6, 6.07) is 3.80. The normalized spacial score (nSPS) is 25.7. The number of carbonyl (C=O) groups is 2.